The zero-order valence-corrected chi connectivity index (χ0v) is 10.7. The van der Waals surface area contributed by atoms with Gasteiger partial charge in [-0.2, -0.15) is 0 Å². The number of rotatable bonds is 6. The first-order valence-corrected chi connectivity index (χ1v) is 12.0. The molecule has 0 amide bonds. The Bertz CT molecular complexity index is 63.1. The molecule has 0 saturated carbocycles. The maximum Gasteiger partial charge on any atom is -1.00 e. The summed E-state index contributed by atoms with van der Waals surface area (Å²) in [7, 11) is 6.24. The van der Waals surface area contributed by atoms with E-state index in [9.17, 15) is 0 Å². The van der Waals surface area contributed by atoms with Crippen LogP contribution in [0.4, 0.5) is 0 Å². The van der Waals surface area contributed by atoms with Crippen LogP contribution in [0.5, 0.6) is 0 Å². The molecule has 10 heavy (non-hydrogen) atoms. The molecule has 0 N–H and O–H groups in total. The zero-order valence-electron chi connectivity index (χ0n) is 8.12. The minimum Gasteiger partial charge on any atom is -1.00 e. The predicted octanol–water partition coefficient (Wildman–Crippen LogP) is 3.93. The van der Waals surface area contributed by atoms with Crippen molar-refractivity contribution >= 4 is 27.6 Å². The molecule has 63 valence electrons. The molecule has 0 bridgehead atoms. The standard InChI is InChI=1S/2C4H9.ClH.Sn.H/c2*1-3-4-2;;;/h2*1,3-4H2,2H3;1H;;/q;;;+1;-1/p-1. The third-order valence-electron chi connectivity index (χ3n) is 1.60. The van der Waals surface area contributed by atoms with Gasteiger partial charge in [0.1, 0.15) is 0 Å². The Kier molecular flexibility index (Phi) is 9.08. The van der Waals surface area contributed by atoms with Gasteiger partial charge in [-0.15, -0.1) is 0 Å². The molecule has 0 atom stereocenters. The fourth-order valence-electron chi connectivity index (χ4n) is 0.862. The van der Waals surface area contributed by atoms with Crippen LogP contribution >= 0.6 is 8.92 Å². The molecule has 0 heterocycles. The van der Waals surface area contributed by atoms with Crippen molar-refractivity contribution in [1.29, 1.82) is 0 Å². The van der Waals surface area contributed by atoms with E-state index in [2.05, 4.69) is 13.8 Å². The second kappa shape index (κ2) is 8.19. The van der Waals surface area contributed by atoms with Gasteiger partial charge in [0.25, 0.3) is 0 Å². The Hall–Kier alpha value is 1.09. The van der Waals surface area contributed by atoms with Crippen molar-refractivity contribution in [3.8, 4) is 0 Å². The second-order valence-electron chi connectivity index (χ2n) is 2.72. The molecule has 0 aliphatic heterocycles. The van der Waals surface area contributed by atoms with Crippen molar-refractivity contribution in [2.24, 2.45) is 0 Å². The van der Waals surface area contributed by atoms with E-state index < -0.39 is 18.6 Å². The summed E-state index contributed by atoms with van der Waals surface area (Å²) in [6.45, 7) is 4.49. The number of halogens is 1. The third kappa shape index (κ3) is 7.20. The van der Waals surface area contributed by atoms with Gasteiger partial charge in [0.05, 0.1) is 0 Å². The molecule has 0 aliphatic carbocycles. The van der Waals surface area contributed by atoms with Crippen LogP contribution in [0.2, 0.25) is 8.87 Å². The van der Waals surface area contributed by atoms with Gasteiger partial charge in [-0.25, -0.2) is 0 Å². The van der Waals surface area contributed by atoms with E-state index >= 15 is 0 Å². The van der Waals surface area contributed by atoms with Crippen LogP contribution in [0.3, 0.4) is 0 Å². The van der Waals surface area contributed by atoms with Crippen molar-refractivity contribution < 1.29 is 1.43 Å². The van der Waals surface area contributed by atoms with Crippen LogP contribution in [0.1, 0.15) is 41.0 Å². The van der Waals surface area contributed by atoms with E-state index in [1.54, 1.807) is 0 Å². The molecule has 0 nitrogen and oxygen atoms in total. The van der Waals surface area contributed by atoms with E-state index in [0.29, 0.717) is 0 Å². The monoisotopic (exact) mass is 270 g/mol. The fraction of sp³-hybridized carbons (Fsp3) is 1.00. The Morgan fingerprint density at radius 2 is 1.50 bits per heavy atom. The van der Waals surface area contributed by atoms with Crippen molar-refractivity contribution in [1.82, 2.24) is 0 Å². The molecule has 0 aromatic carbocycles. The molecule has 0 aliphatic rings. The summed E-state index contributed by atoms with van der Waals surface area (Å²) < 4.78 is 2.81. The van der Waals surface area contributed by atoms with Crippen molar-refractivity contribution in [3.63, 3.8) is 0 Å². The second-order valence-corrected chi connectivity index (χ2v) is 12.1. The minimum absolute atomic E-state index is 0. The van der Waals surface area contributed by atoms with Crippen molar-refractivity contribution in [3.05, 3.63) is 0 Å². The topological polar surface area (TPSA) is 0 Å². The molecular formula is C8H19ClSn-. The average Bonchev–Trinajstić information content (AvgIpc) is 1.97. The maximum atomic E-state index is 6.24. The normalized spacial score (nSPS) is 10.8. The predicted molar refractivity (Wildman–Crippen MR) is 52.1 cm³/mol. The third-order valence-corrected chi connectivity index (χ3v) is 9.25. The first-order chi connectivity index (χ1) is 4.81. The first kappa shape index (κ1) is 11.1. The SMILES string of the molecule is CCC[CH2][Sn]([Cl])[CH2]CCC.[H-]. The van der Waals surface area contributed by atoms with Crippen LogP contribution in [-0.4, -0.2) is 18.6 Å². The maximum absolute atomic E-state index is 6.24. The van der Waals surface area contributed by atoms with Gasteiger partial charge in [0.2, 0.25) is 0 Å². The molecule has 1 radical (unpaired) electrons. The summed E-state index contributed by atoms with van der Waals surface area (Å²) in [6, 6.07) is 0. The smallest absolute Gasteiger partial charge is 1.00 e. The Labute approximate surface area is 77.3 Å². The molecule has 0 aromatic rings. The van der Waals surface area contributed by atoms with Crippen molar-refractivity contribution in [2.45, 2.75) is 48.4 Å². The fourth-order valence-corrected chi connectivity index (χ4v) is 7.58. The van der Waals surface area contributed by atoms with E-state index in [1.165, 1.54) is 34.6 Å². The zero-order chi connectivity index (χ0) is 7.82. The summed E-state index contributed by atoms with van der Waals surface area (Å²) >= 11 is -1.27. The van der Waals surface area contributed by atoms with Crippen molar-refractivity contribution in [2.75, 3.05) is 0 Å². The summed E-state index contributed by atoms with van der Waals surface area (Å²) in [6.07, 6.45) is 5.40. The molecule has 0 spiro atoms. The van der Waals surface area contributed by atoms with Crippen LogP contribution in [0.15, 0.2) is 0 Å². The number of hydrogen-bond acceptors (Lipinski definition) is 0. The van der Waals surface area contributed by atoms with E-state index in [0.717, 1.165) is 0 Å². The minimum atomic E-state index is -1.27. The van der Waals surface area contributed by atoms with E-state index in [-0.39, 0.29) is 1.43 Å². The molecule has 2 heteroatoms. The quantitative estimate of drug-likeness (QED) is 0.641. The van der Waals surface area contributed by atoms with Gasteiger partial charge in [-0.05, 0) is 0 Å². The van der Waals surface area contributed by atoms with Gasteiger partial charge in [0, 0.05) is 0 Å². The summed E-state index contributed by atoms with van der Waals surface area (Å²) in [5.74, 6) is 0. The van der Waals surface area contributed by atoms with Crippen LogP contribution in [-0.2, 0) is 0 Å². The molecule has 0 aromatic heterocycles. The summed E-state index contributed by atoms with van der Waals surface area (Å²) in [5.41, 5.74) is 0. The molecular weight excluding hydrogens is 250 g/mol. The van der Waals surface area contributed by atoms with Gasteiger partial charge in [0.15, 0.2) is 0 Å². The average molecular weight is 269 g/mol. The number of unbranched alkanes of at least 4 members (excludes halogenated alkanes) is 2. The largest absolute Gasteiger partial charge is 1.00 e. The molecule has 0 unspecified atom stereocenters. The van der Waals surface area contributed by atoms with Crippen LogP contribution in [0, 0.1) is 0 Å². The van der Waals surface area contributed by atoms with Crippen LogP contribution in [0.25, 0.3) is 0 Å². The summed E-state index contributed by atoms with van der Waals surface area (Å²) in [5, 5.41) is 0. The molecule has 0 saturated heterocycles. The molecule has 0 fully saturated rings. The van der Waals surface area contributed by atoms with E-state index in [1.807, 2.05) is 0 Å². The Morgan fingerprint density at radius 3 is 1.80 bits per heavy atom. The Morgan fingerprint density at radius 1 is 1.10 bits per heavy atom. The first-order valence-electron chi connectivity index (χ1n) is 4.31. The van der Waals surface area contributed by atoms with Crippen LogP contribution < -0.4 is 0 Å². The molecule has 0 rings (SSSR count). The Balaban J connectivity index is 0. The van der Waals surface area contributed by atoms with Gasteiger partial charge >= 0.3 is 76.0 Å². The number of hydrogen-bond donors (Lipinski definition) is 0. The van der Waals surface area contributed by atoms with Gasteiger partial charge < -0.3 is 1.43 Å². The van der Waals surface area contributed by atoms with Gasteiger partial charge in [-0.3, -0.25) is 0 Å². The van der Waals surface area contributed by atoms with Gasteiger partial charge in [-0.1, -0.05) is 0 Å². The summed E-state index contributed by atoms with van der Waals surface area (Å²) in [4.78, 5) is 0. The van der Waals surface area contributed by atoms with E-state index in [4.69, 9.17) is 8.92 Å².